The molecule has 0 amide bonds. The SMILES string of the molecule is CC(C)(Oc1ccc(Cl)nc1)C(=O)O. The molecule has 1 rings (SSSR count). The largest absolute Gasteiger partial charge is 0.478 e. The molecule has 1 aromatic rings. The number of hydrogen-bond donors (Lipinski definition) is 1. The first kappa shape index (κ1) is 10.8. The van der Waals surface area contributed by atoms with Gasteiger partial charge >= 0.3 is 5.97 Å². The summed E-state index contributed by atoms with van der Waals surface area (Å²) in [6.45, 7) is 2.92. The van der Waals surface area contributed by atoms with Crippen LogP contribution in [0.3, 0.4) is 0 Å². The fraction of sp³-hybridized carbons (Fsp3) is 0.333. The van der Waals surface area contributed by atoms with Gasteiger partial charge in [-0.2, -0.15) is 0 Å². The molecule has 0 saturated carbocycles. The first-order valence-electron chi connectivity index (χ1n) is 3.96. The Hall–Kier alpha value is -1.29. The highest BCUT2D eigenvalue weighted by Gasteiger charge is 2.29. The number of aromatic nitrogens is 1. The van der Waals surface area contributed by atoms with E-state index < -0.39 is 11.6 Å². The summed E-state index contributed by atoms with van der Waals surface area (Å²) < 4.78 is 5.20. The molecule has 0 aliphatic rings. The van der Waals surface area contributed by atoms with Gasteiger partial charge in [0.15, 0.2) is 5.60 Å². The smallest absolute Gasteiger partial charge is 0.347 e. The van der Waals surface area contributed by atoms with Crippen molar-refractivity contribution < 1.29 is 14.6 Å². The summed E-state index contributed by atoms with van der Waals surface area (Å²) in [5.74, 6) is -0.658. The second-order valence-electron chi connectivity index (χ2n) is 3.23. The molecule has 76 valence electrons. The van der Waals surface area contributed by atoms with Crippen LogP contribution in [-0.4, -0.2) is 21.7 Å². The van der Waals surface area contributed by atoms with Gasteiger partial charge in [0.2, 0.25) is 0 Å². The van der Waals surface area contributed by atoms with Crippen molar-refractivity contribution in [2.75, 3.05) is 0 Å². The van der Waals surface area contributed by atoms with Crippen molar-refractivity contribution in [2.45, 2.75) is 19.4 Å². The highest BCUT2D eigenvalue weighted by Crippen LogP contribution is 2.18. The summed E-state index contributed by atoms with van der Waals surface area (Å²) in [4.78, 5) is 14.5. The predicted molar refractivity (Wildman–Crippen MR) is 51.6 cm³/mol. The lowest BCUT2D eigenvalue weighted by atomic mass is 10.1. The topological polar surface area (TPSA) is 59.4 Å². The van der Waals surface area contributed by atoms with Gasteiger partial charge in [-0.3, -0.25) is 0 Å². The van der Waals surface area contributed by atoms with E-state index in [1.54, 1.807) is 6.07 Å². The summed E-state index contributed by atoms with van der Waals surface area (Å²) in [7, 11) is 0. The molecular weight excluding hydrogens is 206 g/mol. The van der Waals surface area contributed by atoms with Gasteiger partial charge in [-0.1, -0.05) is 11.6 Å². The van der Waals surface area contributed by atoms with Crippen LogP contribution in [-0.2, 0) is 4.79 Å². The Balaban J connectivity index is 2.79. The Morgan fingerprint density at radius 1 is 1.57 bits per heavy atom. The maximum absolute atomic E-state index is 10.7. The minimum atomic E-state index is -1.27. The fourth-order valence-corrected chi connectivity index (χ4v) is 0.873. The number of halogens is 1. The molecule has 0 unspecified atom stereocenters. The zero-order valence-electron chi connectivity index (χ0n) is 7.82. The first-order chi connectivity index (χ1) is 6.42. The van der Waals surface area contributed by atoms with Crippen molar-refractivity contribution in [1.29, 1.82) is 0 Å². The second-order valence-corrected chi connectivity index (χ2v) is 3.62. The summed E-state index contributed by atoms with van der Waals surface area (Å²) in [6, 6.07) is 3.11. The number of carboxylic acid groups (broad SMARTS) is 1. The zero-order chi connectivity index (χ0) is 10.8. The number of nitrogens with zero attached hydrogens (tertiary/aromatic N) is 1. The zero-order valence-corrected chi connectivity index (χ0v) is 8.58. The molecular formula is C9H10ClNO3. The number of hydrogen-bond acceptors (Lipinski definition) is 3. The maximum Gasteiger partial charge on any atom is 0.347 e. The van der Waals surface area contributed by atoms with E-state index in [4.69, 9.17) is 21.4 Å². The summed E-state index contributed by atoms with van der Waals surface area (Å²) in [6.07, 6.45) is 1.38. The molecule has 4 nitrogen and oxygen atoms in total. The molecule has 5 heteroatoms. The lowest BCUT2D eigenvalue weighted by Gasteiger charge is -2.20. The lowest BCUT2D eigenvalue weighted by Crippen LogP contribution is -2.37. The van der Waals surface area contributed by atoms with E-state index in [0.717, 1.165) is 0 Å². The van der Waals surface area contributed by atoms with Crippen molar-refractivity contribution >= 4 is 17.6 Å². The summed E-state index contributed by atoms with van der Waals surface area (Å²) in [5, 5.41) is 9.12. The monoisotopic (exact) mass is 215 g/mol. The highest BCUT2D eigenvalue weighted by atomic mass is 35.5. The third-order valence-electron chi connectivity index (χ3n) is 1.59. The molecule has 0 aliphatic carbocycles. The minimum absolute atomic E-state index is 0.338. The van der Waals surface area contributed by atoms with Crippen LogP contribution >= 0.6 is 11.6 Å². The third kappa shape index (κ3) is 2.60. The molecule has 1 N–H and O–H groups in total. The fourth-order valence-electron chi connectivity index (χ4n) is 0.761. The van der Waals surface area contributed by atoms with E-state index in [9.17, 15) is 4.79 Å². The average Bonchev–Trinajstić information content (AvgIpc) is 2.08. The molecule has 0 saturated heterocycles. The van der Waals surface area contributed by atoms with Crippen LogP contribution in [0, 0.1) is 0 Å². The molecule has 0 radical (unpaired) electrons. The predicted octanol–water partition coefficient (Wildman–Crippen LogP) is 1.98. The van der Waals surface area contributed by atoms with Crippen LogP contribution < -0.4 is 4.74 Å². The van der Waals surface area contributed by atoms with Crippen LogP contribution in [0.5, 0.6) is 5.75 Å². The van der Waals surface area contributed by atoms with Gasteiger partial charge in [-0.15, -0.1) is 0 Å². The van der Waals surface area contributed by atoms with Gasteiger partial charge < -0.3 is 9.84 Å². The number of carbonyl (C=O) groups is 1. The van der Waals surface area contributed by atoms with E-state index in [-0.39, 0.29) is 0 Å². The van der Waals surface area contributed by atoms with E-state index in [1.807, 2.05) is 0 Å². The molecule has 0 fully saturated rings. The van der Waals surface area contributed by atoms with E-state index >= 15 is 0 Å². The lowest BCUT2D eigenvalue weighted by molar-refractivity contribution is -0.152. The third-order valence-corrected chi connectivity index (χ3v) is 1.81. The van der Waals surface area contributed by atoms with Crippen LogP contribution in [0.2, 0.25) is 5.15 Å². The van der Waals surface area contributed by atoms with E-state index in [0.29, 0.717) is 10.9 Å². The quantitative estimate of drug-likeness (QED) is 0.784. The van der Waals surface area contributed by atoms with Crippen LogP contribution in [0.4, 0.5) is 0 Å². The number of carboxylic acids is 1. The number of ether oxygens (including phenoxy) is 1. The first-order valence-corrected chi connectivity index (χ1v) is 4.33. The van der Waals surface area contributed by atoms with E-state index in [1.165, 1.54) is 26.1 Å². The number of aliphatic carboxylic acids is 1. The molecule has 0 bridgehead atoms. The molecule has 1 aromatic heterocycles. The highest BCUT2D eigenvalue weighted by molar-refractivity contribution is 6.29. The minimum Gasteiger partial charge on any atom is -0.478 e. The molecule has 0 aromatic carbocycles. The number of rotatable bonds is 3. The molecule has 0 atom stereocenters. The maximum atomic E-state index is 10.7. The van der Waals surface area contributed by atoms with Crippen LogP contribution in [0.1, 0.15) is 13.8 Å². The van der Waals surface area contributed by atoms with Crippen molar-refractivity contribution in [3.63, 3.8) is 0 Å². The Morgan fingerprint density at radius 3 is 2.64 bits per heavy atom. The Labute approximate surface area is 86.5 Å². The summed E-state index contributed by atoms with van der Waals surface area (Å²) in [5.41, 5.74) is -1.27. The standard InChI is InChI=1S/C9H10ClNO3/c1-9(2,8(12)13)14-6-3-4-7(10)11-5-6/h3-5H,1-2H3,(H,12,13). The molecule has 14 heavy (non-hydrogen) atoms. The normalized spacial score (nSPS) is 11.1. The summed E-state index contributed by atoms with van der Waals surface area (Å²) >= 11 is 5.56. The Kier molecular flexibility index (Phi) is 2.96. The second kappa shape index (κ2) is 3.84. The Morgan fingerprint density at radius 2 is 2.21 bits per heavy atom. The van der Waals surface area contributed by atoms with Crippen LogP contribution in [0.15, 0.2) is 18.3 Å². The van der Waals surface area contributed by atoms with Crippen molar-refractivity contribution in [1.82, 2.24) is 4.98 Å². The van der Waals surface area contributed by atoms with Crippen molar-refractivity contribution in [2.24, 2.45) is 0 Å². The van der Waals surface area contributed by atoms with Gasteiger partial charge in [0.05, 0.1) is 6.20 Å². The van der Waals surface area contributed by atoms with Gasteiger partial charge in [0, 0.05) is 0 Å². The van der Waals surface area contributed by atoms with Gasteiger partial charge in [-0.25, -0.2) is 9.78 Å². The van der Waals surface area contributed by atoms with Crippen molar-refractivity contribution in [3.05, 3.63) is 23.5 Å². The van der Waals surface area contributed by atoms with Gasteiger partial charge in [0.25, 0.3) is 0 Å². The van der Waals surface area contributed by atoms with Gasteiger partial charge in [-0.05, 0) is 26.0 Å². The Bertz CT molecular complexity index is 334. The average molecular weight is 216 g/mol. The molecule has 1 heterocycles. The number of pyridine rings is 1. The molecule has 0 spiro atoms. The van der Waals surface area contributed by atoms with Gasteiger partial charge in [0.1, 0.15) is 10.9 Å². The molecule has 0 aliphatic heterocycles. The van der Waals surface area contributed by atoms with Crippen molar-refractivity contribution in [3.8, 4) is 5.75 Å². The van der Waals surface area contributed by atoms with Crippen LogP contribution in [0.25, 0.3) is 0 Å². The van der Waals surface area contributed by atoms with E-state index in [2.05, 4.69) is 4.98 Å².